The van der Waals surface area contributed by atoms with E-state index in [1.54, 1.807) is 23.9 Å². The number of rotatable bonds is 2. The standard InChI is InChI=1S/C20H15N3O/c1-23-19-7-3-2-6-17(19)22-18(20(23)24)11-9-14-8-10-16-15(13-14)5-4-12-21-16/h2-13H,1H3/b11-9-. The molecule has 2 aromatic carbocycles. The summed E-state index contributed by atoms with van der Waals surface area (Å²) in [6.07, 6.45) is 5.46. The van der Waals surface area contributed by atoms with Crippen LogP contribution in [-0.4, -0.2) is 14.5 Å². The van der Waals surface area contributed by atoms with Gasteiger partial charge in [-0.05, 0) is 42.0 Å². The highest BCUT2D eigenvalue weighted by Crippen LogP contribution is 2.15. The van der Waals surface area contributed by atoms with Gasteiger partial charge in [0.25, 0.3) is 5.56 Å². The molecule has 4 rings (SSSR count). The Kier molecular flexibility index (Phi) is 3.43. The number of hydrogen-bond donors (Lipinski definition) is 0. The Bertz CT molecular complexity index is 1140. The van der Waals surface area contributed by atoms with Crippen LogP contribution in [0.15, 0.2) is 65.6 Å². The normalized spacial score (nSPS) is 11.5. The molecule has 4 heteroatoms. The topological polar surface area (TPSA) is 47.8 Å². The zero-order chi connectivity index (χ0) is 16.5. The van der Waals surface area contributed by atoms with E-state index in [0.717, 1.165) is 27.5 Å². The van der Waals surface area contributed by atoms with Gasteiger partial charge in [-0.15, -0.1) is 0 Å². The molecule has 0 amide bonds. The van der Waals surface area contributed by atoms with Gasteiger partial charge in [0.05, 0.1) is 16.6 Å². The van der Waals surface area contributed by atoms with Crippen molar-refractivity contribution in [3.8, 4) is 0 Å². The summed E-state index contributed by atoms with van der Waals surface area (Å²) in [6.45, 7) is 0. The van der Waals surface area contributed by atoms with E-state index in [9.17, 15) is 4.79 Å². The molecule has 2 aromatic heterocycles. The van der Waals surface area contributed by atoms with Gasteiger partial charge >= 0.3 is 0 Å². The van der Waals surface area contributed by atoms with Gasteiger partial charge in [0.15, 0.2) is 0 Å². The van der Waals surface area contributed by atoms with Crippen LogP contribution in [0.5, 0.6) is 0 Å². The quantitative estimate of drug-likeness (QED) is 0.567. The first-order valence-corrected chi connectivity index (χ1v) is 7.71. The van der Waals surface area contributed by atoms with Crippen molar-refractivity contribution in [1.29, 1.82) is 0 Å². The molecule has 0 aliphatic heterocycles. The van der Waals surface area contributed by atoms with Crippen LogP contribution in [0.1, 0.15) is 11.3 Å². The van der Waals surface area contributed by atoms with Crippen molar-refractivity contribution < 1.29 is 0 Å². The van der Waals surface area contributed by atoms with Crippen molar-refractivity contribution in [2.45, 2.75) is 0 Å². The zero-order valence-corrected chi connectivity index (χ0v) is 13.2. The first-order valence-electron chi connectivity index (χ1n) is 7.71. The lowest BCUT2D eigenvalue weighted by molar-refractivity contribution is 0.887. The lowest BCUT2D eigenvalue weighted by Gasteiger charge is -2.05. The fraction of sp³-hybridized carbons (Fsp3) is 0.0500. The molecule has 0 radical (unpaired) electrons. The number of hydrogen-bond acceptors (Lipinski definition) is 3. The highest BCUT2D eigenvalue weighted by atomic mass is 16.1. The predicted molar refractivity (Wildman–Crippen MR) is 97.7 cm³/mol. The van der Waals surface area contributed by atoms with Crippen molar-refractivity contribution in [2.24, 2.45) is 7.05 Å². The average molecular weight is 313 g/mol. The molecule has 0 saturated heterocycles. The summed E-state index contributed by atoms with van der Waals surface area (Å²) in [5.74, 6) is 0. The van der Waals surface area contributed by atoms with Gasteiger partial charge < -0.3 is 4.57 Å². The third-order valence-corrected chi connectivity index (χ3v) is 4.07. The molecule has 2 heterocycles. The average Bonchev–Trinajstić information content (AvgIpc) is 2.63. The van der Waals surface area contributed by atoms with E-state index in [-0.39, 0.29) is 5.56 Å². The van der Waals surface area contributed by atoms with Crippen LogP contribution in [-0.2, 0) is 7.05 Å². The van der Waals surface area contributed by atoms with Crippen molar-refractivity contribution in [2.75, 3.05) is 0 Å². The molecule has 0 fully saturated rings. The maximum atomic E-state index is 12.5. The van der Waals surface area contributed by atoms with Gasteiger partial charge in [-0.3, -0.25) is 9.78 Å². The van der Waals surface area contributed by atoms with Gasteiger partial charge in [0, 0.05) is 18.6 Å². The summed E-state index contributed by atoms with van der Waals surface area (Å²) in [5, 5.41) is 1.07. The first-order chi connectivity index (χ1) is 11.7. The van der Waals surface area contributed by atoms with Gasteiger partial charge in [0.2, 0.25) is 0 Å². The molecule has 0 aliphatic rings. The van der Waals surface area contributed by atoms with E-state index >= 15 is 0 Å². The van der Waals surface area contributed by atoms with E-state index < -0.39 is 0 Å². The number of benzene rings is 2. The molecule has 0 saturated carbocycles. The summed E-state index contributed by atoms with van der Waals surface area (Å²) in [7, 11) is 1.77. The van der Waals surface area contributed by atoms with Crippen LogP contribution in [0.25, 0.3) is 34.1 Å². The van der Waals surface area contributed by atoms with Crippen LogP contribution >= 0.6 is 0 Å². The van der Waals surface area contributed by atoms with Crippen LogP contribution in [0.3, 0.4) is 0 Å². The Hall–Kier alpha value is -3.27. The molecule has 0 atom stereocenters. The molecular weight excluding hydrogens is 298 g/mol. The zero-order valence-electron chi connectivity index (χ0n) is 13.2. The predicted octanol–water partition coefficient (Wildman–Crippen LogP) is 3.65. The van der Waals surface area contributed by atoms with Crippen LogP contribution in [0, 0.1) is 0 Å². The SMILES string of the molecule is Cn1c(=O)c(/C=C\c2ccc3ncccc3c2)nc2ccccc21. The Morgan fingerprint density at radius 2 is 1.83 bits per heavy atom. The van der Waals surface area contributed by atoms with Gasteiger partial charge in [-0.1, -0.05) is 30.3 Å². The summed E-state index contributed by atoms with van der Waals surface area (Å²) < 4.78 is 1.63. The molecule has 0 spiro atoms. The van der Waals surface area contributed by atoms with Crippen LogP contribution in [0.2, 0.25) is 0 Å². The molecule has 0 N–H and O–H groups in total. The maximum absolute atomic E-state index is 12.5. The third-order valence-electron chi connectivity index (χ3n) is 4.07. The van der Waals surface area contributed by atoms with Crippen molar-refractivity contribution in [3.05, 3.63) is 82.4 Å². The smallest absolute Gasteiger partial charge is 0.276 e. The molecule has 4 nitrogen and oxygen atoms in total. The molecular formula is C20H15N3O. The maximum Gasteiger partial charge on any atom is 0.276 e. The molecule has 4 aromatic rings. The fourth-order valence-corrected chi connectivity index (χ4v) is 2.78. The Morgan fingerprint density at radius 1 is 0.958 bits per heavy atom. The van der Waals surface area contributed by atoms with Crippen LogP contribution < -0.4 is 5.56 Å². The fourth-order valence-electron chi connectivity index (χ4n) is 2.78. The van der Waals surface area contributed by atoms with Gasteiger partial charge in [-0.25, -0.2) is 4.98 Å². The first kappa shape index (κ1) is 14.3. The lowest BCUT2D eigenvalue weighted by Crippen LogP contribution is -2.21. The second kappa shape index (κ2) is 5.74. The summed E-state index contributed by atoms with van der Waals surface area (Å²) in [5.41, 5.74) is 3.93. The van der Waals surface area contributed by atoms with E-state index in [0.29, 0.717) is 5.69 Å². The molecule has 0 aliphatic carbocycles. The molecule has 24 heavy (non-hydrogen) atoms. The van der Waals surface area contributed by atoms with Crippen LogP contribution in [0.4, 0.5) is 0 Å². The Balaban J connectivity index is 1.78. The third kappa shape index (κ3) is 2.48. The number of aryl methyl sites for hydroxylation is 1. The second-order valence-electron chi connectivity index (χ2n) is 5.64. The largest absolute Gasteiger partial charge is 0.308 e. The minimum absolute atomic E-state index is 0.104. The number of nitrogens with zero attached hydrogens (tertiary/aromatic N) is 3. The van der Waals surface area contributed by atoms with E-state index in [4.69, 9.17) is 0 Å². The number of para-hydroxylation sites is 2. The number of aromatic nitrogens is 3. The van der Waals surface area contributed by atoms with Crippen molar-refractivity contribution in [1.82, 2.24) is 14.5 Å². The Morgan fingerprint density at radius 3 is 2.75 bits per heavy atom. The summed E-state index contributed by atoms with van der Waals surface area (Å²) >= 11 is 0. The van der Waals surface area contributed by atoms with Crippen molar-refractivity contribution in [3.63, 3.8) is 0 Å². The van der Waals surface area contributed by atoms with Crippen molar-refractivity contribution >= 4 is 34.1 Å². The number of pyridine rings is 1. The molecule has 0 bridgehead atoms. The minimum Gasteiger partial charge on any atom is -0.308 e. The van der Waals surface area contributed by atoms with E-state index in [2.05, 4.69) is 9.97 Å². The minimum atomic E-state index is -0.104. The monoisotopic (exact) mass is 313 g/mol. The molecule has 116 valence electrons. The second-order valence-corrected chi connectivity index (χ2v) is 5.64. The van der Waals surface area contributed by atoms with Gasteiger partial charge in [0.1, 0.15) is 5.69 Å². The van der Waals surface area contributed by atoms with E-state index in [1.165, 1.54) is 0 Å². The lowest BCUT2D eigenvalue weighted by atomic mass is 10.1. The number of fused-ring (bicyclic) bond motifs is 2. The summed E-state index contributed by atoms with van der Waals surface area (Å²) in [6, 6.07) is 17.6. The highest BCUT2D eigenvalue weighted by molar-refractivity contribution is 5.83. The molecule has 0 unspecified atom stereocenters. The van der Waals surface area contributed by atoms with E-state index in [1.807, 2.05) is 60.7 Å². The summed E-state index contributed by atoms with van der Waals surface area (Å²) in [4.78, 5) is 21.2. The highest BCUT2D eigenvalue weighted by Gasteiger charge is 2.05. The Labute approximate surface area is 138 Å². The van der Waals surface area contributed by atoms with Gasteiger partial charge in [-0.2, -0.15) is 0 Å².